The molecule has 0 nitrogen and oxygen atoms in total. The van der Waals surface area contributed by atoms with Crippen LogP contribution in [0.5, 0.6) is 0 Å². The Kier molecular flexibility index (Phi) is 15.0. The van der Waals surface area contributed by atoms with E-state index in [1.165, 1.54) is 109 Å². The minimum atomic E-state index is -0.352. The summed E-state index contributed by atoms with van der Waals surface area (Å²) in [7, 11) is -0.352. The Hall–Kier alpha value is -1.08. The van der Waals surface area contributed by atoms with Crippen LogP contribution < -0.4 is 5.19 Å². The van der Waals surface area contributed by atoms with Gasteiger partial charge in [-0.15, -0.1) is 0 Å². The van der Waals surface area contributed by atoms with E-state index < -0.39 is 0 Å². The van der Waals surface area contributed by atoms with Gasteiger partial charge in [-0.05, 0) is 30.3 Å². The lowest BCUT2D eigenvalue weighted by atomic mass is 9.83. The molecule has 1 atom stereocenters. The molecular formula is C34H58Si. The molecule has 0 aromatic heterocycles. The number of hydrogen-bond acceptors (Lipinski definition) is 0. The van der Waals surface area contributed by atoms with Crippen LogP contribution in [0.15, 0.2) is 52.8 Å². The molecular weight excluding hydrogens is 436 g/mol. The highest BCUT2D eigenvalue weighted by molar-refractivity contribution is 6.61. The van der Waals surface area contributed by atoms with Crippen LogP contribution in [0.1, 0.15) is 144 Å². The highest BCUT2D eigenvalue weighted by Crippen LogP contribution is 2.42. The summed E-state index contributed by atoms with van der Waals surface area (Å²) in [5.74, 6) is 0.725. The van der Waals surface area contributed by atoms with Gasteiger partial charge in [-0.3, -0.25) is 0 Å². The van der Waals surface area contributed by atoms with Crippen molar-refractivity contribution in [2.24, 2.45) is 11.3 Å². The van der Waals surface area contributed by atoms with Gasteiger partial charge in [0.1, 0.15) is 0 Å². The molecule has 0 fully saturated rings. The van der Waals surface area contributed by atoms with Crippen molar-refractivity contribution in [3.05, 3.63) is 52.8 Å². The topological polar surface area (TPSA) is 0 Å². The zero-order chi connectivity index (χ0) is 25.4. The summed E-state index contributed by atoms with van der Waals surface area (Å²) in [4.78, 5) is 0. The predicted molar refractivity (Wildman–Crippen MR) is 163 cm³/mol. The minimum Gasteiger partial charge on any atom is -0.0753 e. The zero-order valence-corrected chi connectivity index (χ0v) is 25.7. The van der Waals surface area contributed by atoms with Crippen LogP contribution in [-0.2, 0) is 0 Å². The maximum absolute atomic E-state index is 2.62. The fraction of sp³-hybridized carbons (Fsp3) is 0.706. The van der Waals surface area contributed by atoms with Crippen molar-refractivity contribution in [1.29, 1.82) is 0 Å². The van der Waals surface area contributed by atoms with Crippen LogP contribution in [0.25, 0.3) is 0 Å². The summed E-state index contributed by atoms with van der Waals surface area (Å²) >= 11 is 0. The van der Waals surface area contributed by atoms with E-state index in [4.69, 9.17) is 0 Å². The Bertz CT molecular complexity index is 734. The number of benzene rings is 1. The largest absolute Gasteiger partial charge is 0.0832 e. The van der Waals surface area contributed by atoms with Gasteiger partial charge in [0, 0.05) is 0 Å². The van der Waals surface area contributed by atoms with E-state index >= 15 is 0 Å². The van der Waals surface area contributed by atoms with Gasteiger partial charge in [-0.2, -0.15) is 0 Å². The van der Waals surface area contributed by atoms with Gasteiger partial charge in [0.25, 0.3) is 0 Å². The minimum absolute atomic E-state index is 0.268. The third-order valence-corrected chi connectivity index (χ3v) is 10.1. The maximum Gasteiger partial charge on any atom is 0.0832 e. The molecule has 1 unspecified atom stereocenters. The molecule has 1 aromatic carbocycles. The quantitative estimate of drug-likeness (QED) is 0.132. The number of allylic oxidation sites excluding steroid dienone is 4. The van der Waals surface area contributed by atoms with E-state index in [1.54, 1.807) is 21.5 Å². The average molecular weight is 495 g/mol. The molecule has 0 bridgehead atoms. The molecule has 1 aliphatic carbocycles. The molecule has 0 N–H and O–H groups in total. The van der Waals surface area contributed by atoms with E-state index in [2.05, 4.69) is 71.0 Å². The maximum atomic E-state index is 2.62. The third-order valence-electron chi connectivity index (χ3n) is 8.13. The van der Waals surface area contributed by atoms with E-state index in [-0.39, 0.29) is 14.9 Å². The highest BCUT2D eigenvalue weighted by atomic mass is 28.2. The molecule has 1 heteroatoms. The van der Waals surface area contributed by atoms with Crippen molar-refractivity contribution in [1.82, 2.24) is 0 Å². The van der Waals surface area contributed by atoms with Gasteiger partial charge in [-0.25, -0.2) is 0 Å². The van der Waals surface area contributed by atoms with Crippen molar-refractivity contribution < 1.29 is 0 Å². The predicted octanol–water partition coefficient (Wildman–Crippen LogP) is 10.0. The molecule has 0 aliphatic heterocycles. The van der Waals surface area contributed by atoms with Crippen molar-refractivity contribution in [3.63, 3.8) is 0 Å². The molecule has 2 rings (SSSR count). The Balaban J connectivity index is 1.57. The van der Waals surface area contributed by atoms with E-state index in [1.807, 2.05) is 0 Å². The summed E-state index contributed by atoms with van der Waals surface area (Å²) in [6.07, 6.45) is 27.2. The Labute approximate surface area is 222 Å². The Morgan fingerprint density at radius 1 is 0.657 bits per heavy atom. The second kappa shape index (κ2) is 17.4. The van der Waals surface area contributed by atoms with E-state index in [0.717, 1.165) is 5.92 Å². The molecule has 0 spiro atoms. The monoisotopic (exact) mass is 494 g/mol. The fourth-order valence-electron chi connectivity index (χ4n) is 5.98. The average Bonchev–Trinajstić information content (AvgIpc) is 3.14. The molecule has 0 amide bonds. The number of unbranched alkanes of at least 4 members (excludes halogenated alkanes) is 15. The first kappa shape index (κ1) is 30.1. The summed E-state index contributed by atoms with van der Waals surface area (Å²) in [6, 6.07) is 11.3. The second-order valence-electron chi connectivity index (χ2n) is 12.4. The van der Waals surface area contributed by atoms with Crippen LogP contribution in [0.2, 0.25) is 0 Å². The van der Waals surface area contributed by atoms with Crippen LogP contribution in [0.4, 0.5) is 0 Å². The molecule has 0 saturated heterocycles. The smallest absolute Gasteiger partial charge is 0.0753 e. The van der Waals surface area contributed by atoms with Gasteiger partial charge >= 0.3 is 0 Å². The lowest BCUT2D eigenvalue weighted by molar-refractivity contribution is 0.501. The van der Waals surface area contributed by atoms with Crippen molar-refractivity contribution in [3.8, 4) is 0 Å². The van der Waals surface area contributed by atoms with Crippen molar-refractivity contribution in [2.75, 3.05) is 0 Å². The van der Waals surface area contributed by atoms with Gasteiger partial charge < -0.3 is 0 Å². The van der Waals surface area contributed by atoms with Crippen LogP contribution in [0.3, 0.4) is 0 Å². The van der Waals surface area contributed by atoms with Crippen molar-refractivity contribution >= 4 is 14.7 Å². The highest BCUT2D eigenvalue weighted by Gasteiger charge is 2.30. The van der Waals surface area contributed by atoms with Crippen LogP contribution in [-0.4, -0.2) is 9.52 Å². The molecule has 0 saturated carbocycles. The number of rotatable bonds is 19. The lowest BCUT2D eigenvalue weighted by Gasteiger charge is -2.22. The van der Waals surface area contributed by atoms with Gasteiger partial charge in [0.15, 0.2) is 0 Å². The molecule has 1 aliphatic rings. The lowest BCUT2D eigenvalue weighted by Crippen LogP contribution is -2.20. The van der Waals surface area contributed by atoms with E-state index in [0.29, 0.717) is 0 Å². The number of hydrogen-bond donors (Lipinski definition) is 0. The van der Waals surface area contributed by atoms with Crippen LogP contribution in [0, 0.1) is 11.3 Å². The molecule has 35 heavy (non-hydrogen) atoms. The Morgan fingerprint density at radius 2 is 1.11 bits per heavy atom. The molecule has 0 heterocycles. The van der Waals surface area contributed by atoms with Gasteiger partial charge in [0.05, 0.1) is 9.52 Å². The van der Waals surface area contributed by atoms with Gasteiger partial charge in [-0.1, -0.05) is 183 Å². The van der Waals surface area contributed by atoms with Gasteiger partial charge in [0.2, 0.25) is 0 Å². The molecule has 1 aromatic rings. The summed E-state index contributed by atoms with van der Waals surface area (Å²) < 4.78 is 0. The van der Waals surface area contributed by atoms with Crippen LogP contribution >= 0.6 is 0 Å². The fourth-order valence-corrected chi connectivity index (χ4v) is 8.02. The third kappa shape index (κ3) is 12.1. The Morgan fingerprint density at radius 3 is 1.57 bits per heavy atom. The zero-order valence-electron chi connectivity index (χ0n) is 24.3. The molecule has 0 radical (unpaired) electrons. The first-order valence-corrected chi connectivity index (χ1v) is 16.8. The first-order chi connectivity index (χ1) is 16.9. The summed E-state index contributed by atoms with van der Waals surface area (Å²) in [5, 5.41) is 3.39. The summed E-state index contributed by atoms with van der Waals surface area (Å²) in [5.41, 5.74) is 3.57. The SMILES string of the molecule is CCCCCCCCCCCCCCCCCCC1C([SiH2]c2ccccc2)=CC(C(C)(C)C)=C1C. The standard InChI is InChI=1S/C34H58Si/c1-6-7-8-9-10-11-12-13-14-15-16-17-18-19-20-24-27-31-29(2)32(34(3,4)5)28-33(31)35-30-25-22-21-23-26-30/h21-23,25-26,28,31H,6-20,24,27,35H2,1-5H3. The normalized spacial score (nSPS) is 16.6. The van der Waals surface area contributed by atoms with Crippen molar-refractivity contribution in [2.45, 2.75) is 144 Å². The summed E-state index contributed by atoms with van der Waals surface area (Å²) in [6.45, 7) is 11.9. The van der Waals surface area contributed by atoms with E-state index in [9.17, 15) is 0 Å². The first-order valence-electron chi connectivity index (χ1n) is 15.4. The molecule has 198 valence electrons. The second-order valence-corrected chi connectivity index (χ2v) is 14.4.